The number of nitrogens with zero attached hydrogens (tertiary/aromatic N) is 2. The molecule has 2 nitrogen and oxygen atoms in total. The molecule has 112 valence electrons. The van der Waals surface area contributed by atoms with Gasteiger partial charge in [-0.3, -0.25) is 4.90 Å². The van der Waals surface area contributed by atoms with Crippen LogP contribution in [0.2, 0.25) is 0 Å². The topological polar surface area (TPSA) is 6.48 Å². The highest BCUT2D eigenvalue weighted by Gasteiger charge is 2.28. The first-order valence-electron chi connectivity index (χ1n) is 7.84. The molecule has 20 heavy (non-hydrogen) atoms. The lowest BCUT2D eigenvalue weighted by atomic mass is 10.0. The maximum Gasteiger partial charge on any atom is 0.125 e. The lowest BCUT2D eigenvalue weighted by molar-refractivity contribution is 0.0561. The Morgan fingerprint density at radius 1 is 1.30 bits per heavy atom. The second-order valence-corrected chi connectivity index (χ2v) is 6.29. The van der Waals surface area contributed by atoms with E-state index in [0.29, 0.717) is 25.0 Å². The molecule has 0 radical (unpaired) electrons. The highest BCUT2D eigenvalue weighted by molar-refractivity contribution is 5.27. The molecule has 0 bridgehead atoms. The minimum atomic E-state index is -0.609. The molecule has 1 atom stereocenters. The summed E-state index contributed by atoms with van der Waals surface area (Å²) in [6.07, 6.45) is 1.32. The third kappa shape index (κ3) is 3.35. The van der Waals surface area contributed by atoms with E-state index in [1.54, 1.807) is 0 Å². The zero-order chi connectivity index (χ0) is 14.7. The van der Waals surface area contributed by atoms with Gasteiger partial charge in [-0.25, -0.2) is 4.39 Å². The molecule has 1 unspecified atom stereocenters. The second kappa shape index (κ2) is 6.63. The summed E-state index contributed by atoms with van der Waals surface area (Å²) < 4.78 is 12.9. The van der Waals surface area contributed by atoms with Gasteiger partial charge >= 0.3 is 0 Å². The number of allylic oxidation sites excluding steroid dienone is 2. The Morgan fingerprint density at radius 2 is 2.00 bits per heavy atom. The summed E-state index contributed by atoms with van der Waals surface area (Å²) in [6.45, 7) is 12.0. The van der Waals surface area contributed by atoms with E-state index < -0.39 is 6.17 Å². The summed E-state index contributed by atoms with van der Waals surface area (Å²) in [5, 5.41) is 0. The molecule has 0 amide bonds. The van der Waals surface area contributed by atoms with Gasteiger partial charge in [-0.2, -0.15) is 0 Å². The predicted molar refractivity (Wildman–Crippen MR) is 82.1 cm³/mol. The van der Waals surface area contributed by atoms with Crippen molar-refractivity contribution in [3.05, 3.63) is 11.3 Å². The Bertz CT molecular complexity index is 424. The van der Waals surface area contributed by atoms with Crippen molar-refractivity contribution >= 4 is 0 Å². The molecular formula is C17H27FN2. The van der Waals surface area contributed by atoms with Gasteiger partial charge < -0.3 is 4.90 Å². The van der Waals surface area contributed by atoms with Crippen LogP contribution >= 0.6 is 0 Å². The SMILES string of the molecule is CCC1C#CCC(C)=C(C(C)C)N1CCN1CC(F)C1. The number of likely N-dealkylation sites (tertiary alicyclic amines) is 1. The van der Waals surface area contributed by atoms with Crippen LogP contribution in [0.5, 0.6) is 0 Å². The lowest BCUT2D eigenvalue weighted by Crippen LogP contribution is -2.51. The van der Waals surface area contributed by atoms with E-state index in [2.05, 4.69) is 49.3 Å². The first-order chi connectivity index (χ1) is 9.52. The molecular weight excluding hydrogens is 251 g/mol. The molecule has 1 saturated heterocycles. The van der Waals surface area contributed by atoms with Gasteiger partial charge in [-0.15, -0.1) is 0 Å². The van der Waals surface area contributed by atoms with Crippen molar-refractivity contribution in [1.82, 2.24) is 9.80 Å². The average Bonchev–Trinajstić information content (AvgIpc) is 2.51. The third-order valence-corrected chi connectivity index (χ3v) is 4.25. The van der Waals surface area contributed by atoms with E-state index in [1.165, 1.54) is 11.3 Å². The van der Waals surface area contributed by atoms with E-state index >= 15 is 0 Å². The largest absolute Gasteiger partial charge is 0.359 e. The highest BCUT2D eigenvalue weighted by Crippen LogP contribution is 2.27. The predicted octanol–water partition coefficient (Wildman–Crippen LogP) is 3.06. The van der Waals surface area contributed by atoms with Crippen molar-refractivity contribution in [2.45, 2.75) is 52.8 Å². The Balaban J connectivity index is 2.09. The number of alkyl halides is 1. The Hall–Kier alpha value is -1.01. The molecule has 0 saturated carbocycles. The van der Waals surface area contributed by atoms with Gasteiger partial charge in [-0.05, 0) is 24.8 Å². The summed E-state index contributed by atoms with van der Waals surface area (Å²) in [5.41, 5.74) is 2.84. The van der Waals surface area contributed by atoms with E-state index in [0.717, 1.165) is 25.9 Å². The van der Waals surface area contributed by atoms with Gasteiger partial charge in [0.2, 0.25) is 0 Å². The van der Waals surface area contributed by atoms with Crippen LogP contribution in [-0.4, -0.2) is 48.2 Å². The first kappa shape index (κ1) is 15.4. The molecule has 0 N–H and O–H groups in total. The van der Waals surface area contributed by atoms with Crippen LogP contribution in [0.25, 0.3) is 0 Å². The summed E-state index contributed by atoms with van der Waals surface area (Å²) in [6, 6.07) is 0.312. The second-order valence-electron chi connectivity index (χ2n) is 6.29. The molecule has 2 heterocycles. The van der Waals surface area contributed by atoms with Crippen molar-refractivity contribution in [3.8, 4) is 11.8 Å². The Kier molecular flexibility index (Phi) is 5.10. The molecule has 2 aliphatic heterocycles. The van der Waals surface area contributed by atoms with Gasteiger partial charge in [0.25, 0.3) is 0 Å². The first-order valence-corrected chi connectivity index (χ1v) is 7.84. The highest BCUT2D eigenvalue weighted by atomic mass is 19.1. The number of hydrogen-bond acceptors (Lipinski definition) is 2. The van der Waals surface area contributed by atoms with Gasteiger partial charge in [0, 0.05) is 38.3 Å². The van der Waals surface area contributed by atoms with Crippen LogP contribution < -0.4 is 0 Å². The maximum absolute atomic E-state index is 12.9. The fourth-order valence-corrected chi connectivity index (χ4v) is 3.24. The van der Waals surface area contributed by atoms with Crippen LogP contribution in [0.1, 0.15) is 40.5 Å². The molecule has 0 aliphatic carbocycles. The molecule has 3 heteroatoms. The minimum Gasteiger partial charge on any atom is -0.359 e. The van der Waals surface area contributed by atoms with Crippen molar-refractivity contribution in [1.29, 1.82) is 0 Å². The summed E-state index contributed by atoms with van der Waals surface area (Å²) in [7, 11) is 0. The quantitative estimate of drug-likeness (QED) is 0.713. The molecule has 0 aromatic carbocycles. The van der Waals surface area contributed by atoms with Crippen LogP contribution in [0.3, 0.4) is 0 Å². The van der Waals surface area contributed by atoms with Crippen LogP contribution in [-0.2, 0) is 0 Å². The minimum absolute atomic E-state index is 0.312. The van der Waals surface area contributed by atoms with Crippen LogP contribution in [0.4, 0.5) is 4.39 Å². The van der Waals surface area contributed by atoms with Gasteiger partial charge in [0.05, 0.1) is 6.04 Å². The summed E-state index contributed by atoms with van der Waals surface area (Å²) >= 11 is 0. The summed E-state index contributed by atoms with van der Waals surface area (Å²) in [4.78, 5) is 4.68. The standard InChI is InChI=1S/C17H27FN2/c1-5-16-8-6-7-14(4)17(13(2)3)20(16)10-9-19-11-15(18)12-19/h13,15-16H,5,7,9-12H2,1-4H3. The zero-order valence-corrected chi connectivity index (χ0v) is 13.2. The van der Waals surface area contributed by atoms with Crippen LogP contribution in [0, 0.1) is 17.8 Å². The Morgan fingerprint density at radius 3 is 2.55 bits per heavy atom. The third-order valence-electron chi connectivity index (χ3n) is 4.25. The van der Waals surface area contributed by atoms with Crippen LogP contribution in [0.15, 0.2) is 11.3 Å². The average molecular weight is 278 g/mol. The van der Waals surface area contributed by atoms with Gasteiger partial charge in [0.1, 0.15) is 6.17 Å². The normalized spacial score (nSPS) is 24.5. The molecule has 2 rings (SSSR count). The fraction of sp³-hybridized carbons (Fsp3) is 0.765. The van der Waals surface area contributed by atoms with Crippen molar-refractivity contribution in [2.75, 3.05) is 26.2 Å². The molecule has 0 aromatic heterocycles. The van der Waals surface area contributed by atoms with Gasteiger partial charge in [0.15, 0.2) is 0 Å². The smallest absolute Gasteiger partial charge is 0.125 e. The Labute approximate surface area is 123 Å². The molecule has 0 spiro atoms. The van der Waals surface area contributed by atoms with Crippen molar-refractivity contribution in [3.63, 3.8) is 0 Å². The van der Waals surface area contributed by atoms with E-state index in [9.17, 15) is 4.39 Å². The van der Waals surface area contributed by atoms with E-state index in [4.69, 9.17) is 0 Å². The fourth-order valence-electron chi connectivity index (χ4n) is 3.24. The van der Waals surface area contributed by atoms with E-state index in [-0.39, 0.29) is 0 Å². The monoisotopic (exact) mass is 278 g/mol. The molecule has 1 fully saturated rings. The maximum atomic E-state index is 12.9. The molecule has 0 aromatic rings. The number of rotatable bonds is 5. The number of halogens is 1. The molecule has 2 aliphatic rings. The lowest BCUT2D eigenvalue weighted by Gasteiger charge is -2.39. The number of hydrogen-bond donors (Lipinski definition) is 0. The zero-order valence-electron chi connectivity index (χ0n) is 13.2. The summed E-state index contributed by atoms with van der Waals surface area (Å²) in [5.74, 6) is 7.23. The van der Waals surface area contributed by atoms with Crippen molar-refractivity contribution in [2.24, 2.45) is 5.92 Å². The van der Waals surface area contributed by atoms with E-state index in [1.807, 2.05) is 0 Å². The van der Waals surface area contributed by atoms with Gasteiger partial charge in [-0.1, -0.05) is 32.6 Å². The van der Waals surface area contributed by atoms with Crippen molar-refractivity contribution < 1.29 is 4.39 Å².